The highest BCUT2D eigenvalue weighted by atomic mass is 16.7. The van der Waals surface area contributed by atoms with Gasteiger partial charge in [-0.15, -0.1) is 0 Å². The molecule has 0 aromatic carbocycles. The van der Waals surface area contributed by atoms with Crippen LogP contribution in [0.25, 0.3) is 0 Å². The molecule has 0 aliphatic carbocycles. The van der Waals surface area contributed by atoms with Crippen LogP contribution in [0.15, 0.2) is 0 Å². The van der Waals surface area contributed by atoms with Crippen molar-refractivity contribution in [1.29, 1.82) is 0 Å². The summed E-state index contributed by atoms with van der Waals surface area (Å²) < 4.78 is 15.1. The lowest BCUT2D eigenvalue weighted by atomic mass is 10.1. The van der Waals surface area contributed by atoms with Gasteiger partial charge in [0.1, 0.15) is 31.0 Å². The van der Waals surface area contributed by atoms with E-state index in [0.717, 1.165) is 19.3 Å². The van der Waals surface area contributed by atoms with E-state index in [4.69, 9.17) is 14.2 Å². The Balaban J connectivity index is 2.06. The van der Waals surface area contributed by atoms with Crippen molar-refractivity contribution in [1.82, 2.24) is 0 Å². The Bertz CT molecular complexity index is 377. The Morgan fingerprint density at radius 3 is 2.12 bits per heavy atom. The molecular weight excluding hydrogens is 340 g/mol. The first kappa shape index (κ1) is 23.3. The van der Waals surface area contributed by atoms with Crippen LogP contribution in [0, 0.1) is 0 Å². The SMILES string of the molecule is CCCCCCCCCCCC(=O)OC[C@@H](O)[C@H]1O[C@H](OC)[C@H](O)[C@@H]1O. The van der Waals surface area contributed by atoms with Gasteiger partial charge in [-0.05, 0) is 6.42 Å². The highest BCUT2D eigenvalue weighted by molar-refractivity contribution is 5.69. The predicted molar refractivity (Wildman–Crippen MR) is 96.5 cm³/mol. The number of aliphatic hydroxyl groups excluding tert-OH is 3. The van der Waals surface area contributed by atoms with Crippen molar-refractivity contribution in [3.63, 3.8) is 0 Å². The number of ether oxygens (including phenoxy) is 3. The minimum Gasteiger partial charge on any atom is -0.463 e. The van der Waals surface area contributed by atoms with Crippen molar-refractivity contribution >= 4 is 5.97 Å². The summed E-state index contributed by atoms with van der Waals surface area (Å²) in [7, 11) is 1.33. The molecule has 0 radical (unpaired) electrons. The number of rotatable bonds is 14. The predicted octanol–water partition coefficient (Wildman–Crippen LogP) is 1.90. The quantitative estimate of drug-likeness (QED) is 0.314. The van der Waals surface area contributed by atoms with Gasteiger partial charge in [-0.2, -0.15) is 0 Å². The third kappa shape index (κ3) is 8.31. The molecule has 0 spiro atoms. The summed E-state index contributed by atoms with van der Waals surface area (Å²) in [5, 5.41) is 29.5. The zero-order valence-corrected chi connectivity index (χ0v) is 16.1. The molecule has 0 unspecified atom stereocenters. The molecule has 154 valence electrons. The molecular formula is C19H36O7. The minimum absolute atomic E-state index is 0.277. The fourth-order valence-corrected chi connectivity index (χ4v) is 3.11. The molecule has 1 heterocycles. The van der Waals surface area contributed by atoms with Gasteiger partial charge in [0.2, 0.25) is 0 Å². The van der Waals surface area contributed by atoms with E-state index in [0.29, 0.717) is 6.42 Å². The molecule has 1 fully saturated rings. The number of aliphatic hydroxyl groups is 3. The van der Waals surface area contributed by atoms with Gasteiger partial charge in [-0.1, -0.05) is 58.3 Å². The Hall–Kier alpha value is -0.730. The van der Waals surface area contributed by atoms with E-state index in [9.17, 15) is 20.1 Å². The van der Waals surface area contributed by atoms with Crippen LogP contribution in [-0.2, 0) is 19.0 Å². The fourth-order valence-electron chi connectivity index (χ4n) is 3.11. The molecule has 1 rings (SSSR count). The molecule has 0 amide bonds. The van der Waals surface area contributed by atoms with E-state index in [1.165, 1.54) is 45.6 Å². The molecule has 0 saturated carbocycles. The first-order valence-corrected chi connectivity index (χ1v) is 9.89. The smallest absolute Gasteiger partial charge is 0.305 e. The van der Waals surface area contributed by atoms with E-state index >= 15 is 0 Å². The summed E-state index contributed by atoms with van der Waals surface area (Å²) in [5.74, 6) is -0.372. The number of esters is 1. The van der Waals surface area contributed by atoms with Crippen molar-refractivity contribution in [2.24, 2.45) is 0 Å². The summed E-state index contributed by atoms with van der Waals surface area (Å²) in [6.07, 6.45) is 5.07. The monoisotopic (exact) mass is 376 g/mol. The first-order valence-electron chi connectivity index (χ1n) is 9.89. The van der Waals surface area contributed by atoms with Gasteiger partial charge in [0.25, 0.3) is 0 Å². The van der Waals surface area contributed by atoms with E-state index in [-0.39, 0.29) is 12.6 Å². The summed E-state index contributed by atoms with van der Waals surface area (Å²) in [5.41, 5.74) is 0. The Morgan fingerprint density at radius 2 is 1.58 bits per heavy atom. The van der Waals surface area contributed by atoms with Crippen molar-refractivity contribution < 1.29 is 34.3 Å². The molecule has 0 bridgehead atoms. The van der Waals surface area contributed by atoms with Crippen LogP contribution < -0.4 is 0 Å². The van der Waals surface area contributed by atoms with Crippen molar-refractivity contribution in [3.8, 4) is 0 Å². The van der Waals surface area contributed by atoms with Crippen LogP contribution in [0.5, 0.6) is 0 Å². The van der Waals surface area contributed by atoms with Crippen LogP contribution in [0.2, 0.25) is 0 Å². The molecule has 7 nitrogen and oxygen atoms in total. The Labute approximate surface area is 156 Å². The summed E-state index contributed by atoms with van der Waals surface area (Å²) in [6, 6.07) is 0. The van der Waals surface area contributed by atoms with E-state index in [1.807, 2.05) is 0 Å². The second kappa shape index (κ2) is 13.4. The summed E-state index contributed by atoms with van der Waals surface area (Å²) in [6.45, 7) is 1.93. The Kier molecular flexibility index (Phi) is 12.0. The first-order chi connectivity index (χ1) is 12.5. The van der Waals surface area contributed by atoms with Crippen LogP contribution in [0.4, 0.5) is 0 Å². The standard InChI is InChI=1S/C19H36O7/c1-3-4-5-6-7-8-9-10-11-12-15(21)25-13-14(20)18-16(22)17(23)19(24-2)26-18/h14,16-20,22-23H,3-13H2,1-2H3/t14-,16+,17-,18-,19+/m1/s1. The second-order valence-electron chi connectivity index (χ2n) is 7.01. The van der Waals surface area contributed by atoms with Crippen LogP contribution >= 0.6 is 0 Å². The average molecular weight is 376 g/mol. The van der Waals surface area contributed by atoms with Crippen molar-refractivity contribution in [2.45, 2.75) is 102 Å². The van der Waals surface area contributed by atoms with Gasteiger partial charge >= 0.3 is 5.97 Å². The number of unbranched alkanes of at least 4 members (excludes halogenated alkanes) is 8. The number of hydrogen-bond acceptors (Lipinski definition) is 7. The fraction of sp³-hybridized carbons (Fsp3) is 0.947. The molecule has 0 aromatic heterocycles. The maximum Gasteiger partial charge on any atom is 0.305 e. The van der Waals surface area contributed by atoms with Gasteiger partial charge in [0.05, 0.1) is 0 Å². The van der Waals surface area contributed by atoms with Gasteiger partial charge in [0.15, 0.2) is 6.29 Å². The lowest BCUT2D eigenvalue weighted by Crippen LogP contribution is -2.41. The number of hydrogen-bond donors (Lipinski definition) is 3. The zero-order valence-electron chi connectivity index (χ0n) is 16.1. The molecule has 1 aliphatic rings. The van der Waals surface area contributed by atoms with Crippen molar-refractivity contribution in [3.05, 3.63) is 0 Å². The maximum absolute atomic E-state index is 11.7. The second-order valence-corrected chi connectivity index (χ2v) is 7.01. The van der Waals surface area contributed by atoms with Crippen LogP contribution in [0.1, 0.15) is 71.1 Å². The topological polar surface area (TPSA) is 105 Å². The van der Waals surface area contributed by atoms with Crippen LogP contribution in [0.3, 0.4) is 0 Å². The third-order valence-corrected chi connectivity index (χ3v) is 4.77. The van der Waals surface area contributed by atoms with Gasteiger partial charge < -0.3 is 29.5 Å². The molecule has 0 aromatic rings. The van der Waals surface area contributed by atoms with Gasteiger partial charge in [-0.25, -0.2) is 0 Å². The highest BCUT2D eigenvalue weighted by Crippen LogP contribution is 2.24. The average Bonchev–Trinajstić information content (AvgIpc) is 2.93. The lowest BCUT2D eigenvalue weighted by molar-refractivity contribution is -0.173. The maximum atomic E-state index is 11.7. The van der Waals surface area contributed by atoms with Gasteiger partial charge in [0, 0.05) is 13.5 Å². The molecule has 1 aliphatic heterocycles. The molecule has 3 N–H and O–H groups in total. The van der Waals surface area contributed by atoms with Gasteiger partial charge in [-0.3, -0.25) is 4.79 Å². The minimum atomic E-state index is -1.29. The number of methoxy groups -OCH3 is 1. The normalized spacial score (nSPS) is 26.8. The van der Waals surface area contributed by atoms with Crippen molar-refractivity contribution in [2.75, 3.05) is 13.7 Å². The molecule has 1 saturated heterocycles. The Morgan fingerprint density at radius 1 is 1.00 bits per heavy atom. The summed E-state index contributed by atoms with van der Waals surface area (Å²) in [4.78, 5) is 11.7. The van der Waals surface area contributed by atoms with E-state index in [1.54, 1.807) is 0 Å². The molecule has 5 atom stereocenters. The molecule has 7 heteroatoms. The van der Waals surface area contributed by atoms with E-state index in [2.05, 4.69) is 6.92 Å². The van der Waals surface area contributed by atoms with E-state index < -0.39 is 30.7 Å². The lowest BCUT2D eigenvalue weighted by Gasteiger charge is -2.20. The molecule has 26 heavy (non-hydrogen) atoms. The summed E-state index contributed by atoms with van der Waals surface area (Å²) >= 11 is 0. The number of carbonyl (C=O) groups is 1. The zero-order chi connectivity index (χ0) is 19.4. The third-order valence-electron chi connectivity index (χ3n) is 4.77. The number of carbonyl (C=O) groups excluding carboxylic acids is 1. The largest absolute Gasteiger partial charge is 0.463 e. The highest BCUT2D eigenvalue weighted by Gasteiger charge is 2.46. The van der Waals surface area contributed by atoms with Crippen LogP contribution in [-0.4, -0.2) is 65.7 Å².